The number of alkyl halides is 1. The van der Waals surface area contributed by atoms with E-state index in [-0.39, 0.29) is 35.8 Å². The highest BCUT2D eigenvalue weighted by Crippen LogP contribution is 2.53. The molecular weight excluding hydrogens is 437 g/mol. The molecule has 2 saturated carbocycles. The number of carbonyl (C=O) groups is 1. The molecule has 4 unspecified atom stereocenters. The van der Waals surface area contributed by atoms with E-state index in [0.29, 0.717) is 31.4 Å². The van der Waals surface area contributed by atoms with Crippen LogP contribution in [0.4, 0.5) is 13.2 Å². The Morgan fingerprint density at radius 1 is 1.16 bits per heavy atom. The van der Waals surface area contributed by atoms with Crippen molar-refractivity contribution in [3.8, 4) is 11.1 Å². The SMILES string of the molecule is C[S+]([O-])NC1CCC2CN(C(=O)[C@@H]3C[C@H]3c3ccccc3-c3c(F)cccc3F)CC21F. The zero-order valence-corrected chi connectivity index (χ0v) is 18.5. The minimum atomic E-state index is -1.57. The molecule has 1 heterocycles. The molecule has 1 amide bonds. The Morgan fingerprint density at radius 3 is 2.59 bits per heavy atom. The van der Waals surface area contributed by atoms with Crippen LogP contribution in [0.25, 0.3) is 11.1 Å². The average Bonchev–Trinajstić information content (AvgIpc) is 3.39. The fourth-order valence-corrected chi connectivity index (χ4v) is 6.33. The number of benzene rings is 2. The second-order valence-corrected chi connectivity index (χ2v) is 10.3. The van der Waals surface area contributed by atoms with Gasteiger partial charge in [-0.3, -0.25) is 4.79 Å². The molecule has 32 heavy (non-hydrogen) atoms. The van der Waals surface area contributed by atoms with Gasteiger partial charge in [0.15, 0.2) is 5.67 Å². The maximum Gasteiger partial charge on any atom is 0.226 e. The van der Waals surface area contributed by atoms with Gasteiger partial charge in [-0.15, -0.1) is 4.72 Å². The summed E-state index contributed by atoms with van der Waals surface area (Å²) in [5.41, 5.74) is -0.454. The van der Waals surface area contributed by atoms with Crippen molar-refractivity contribution in [2.24, 2.45) is 11.8 Å². The van der Waals surface area contributed by atoms with Gasteiger partial charge in [0.2, 0.25) is 5.91 Å². The predicted molar refractivity (Wildman–Crippen MR) is 117 cm³/mol. The molecule has 4 nitrogen and oxygen atoms in total. The molecule has 6 atom stereocenters. The first-order chi connectivity index (χ1) is 15.3. The Bertz CT molecular complexity index is 1030. The fraction of sp³-hybridized carbons (Fsp3) is 0.458. The number of rotatable bonds is 5. The summed E-state index contributed by atoms with van der Waals surface area (Å²) in [5, 5.41) is 0. The molecule has 3 fully saturated rings. The van der Waals surface area contributed by atoms with Crippen molar-refractivity contribution in [2.75, 3.05) is 19.3 Å². The highest BCUT2D eigenvalue weighted by Gasteiger charge is 2.60. The molecule has 0 spiro atoms. The van der Waals surface area contributed by atoms with Crippen molar-refractivity contribution >= 4 is 17.3 Å². The number of hydrogen-bond donors (Lipinski definition) is 1. The maximum absolute atomic E-state index is 15.7. The lowest BCUT2D eigenvalue weighted by Crippen LogP contribution is -2.50. The third kappa shape index (κ3) is 3.62. The summed E-state index contributed by atoms with van der Waals surface area (Å²) in [7, 11) is 0. The summed E-state index contributed by atoms with van der Waals surface area (Å²) in [5.74, 6) is -2.11. The smallest absolute Gasteiger partial charge is 0.226 e. The molecule has 1 aliphatic heterocycles. The summed E-state index contributed by atoms with van der Waals surface area (Å²) in [6.45, 7) is 0.356. The molecule has 0 aromatic heterocycles. The molecule has 2 aliphatic carbocycles. The van der Waals surface area contributed by atoms with Gasteiger partial charge in [-0.05, 0) is 48.4 Å². The van der Waals surface area contributed by atoms with E-state index < -0.39 is 34.7 Å². The quantitative estimate of drug-likeness (QED) is 0.685. The largest absolute Gasteiger partial charge is 0.598 e. The van der Waals surface area contributed by atoms with Crippen LogP contribution in [0, 0.1) is 23.5 Å². The van der Waals surface area contributed by atoms with Gasteiger partial charge in [-0.2, -0.15) is 0 Å². The monoisotopic (exact) mass is 462 g/mol. The number of halogens is 3. The predicted octanol–water partition coefficient (Wildman–Crippen LogP) is 3.95. The van der Waals surface area contributed by atoms with Crippen LogP contribution in [0.15, 0.2) is 42.5 Å². The molecule has 0 radical (unpaired) electrons. The van der Waals surface area contributed by atoms with Gasteiger partial charge in [-0.25, -0.2) is 13.2 Å². The number of nitrogens with one attached hydrogen (secondary N) is 1. The first-order valence-corrected chi connectivity index (χ1v) is 12.5. The highest BCUT2D eigenvalue weighted by molar-refractivity contribution is 7.88. The van der Waals surface area contributed by atoms with Gasteiger partial charge in [0.1, 0.15) is 17.9 Å². The Labute approximate surface area is 188 Å². The molecule has 170 valence electrons. The van der Waals surface area contributed by atoms with Crippen LogP contribution >= 0.6 is 0 Å². The Morgan fingerprint density at radius 2 is 1.88 bits per heavy atom. The minimum absolute atomic E-state index is 0.00181. The number of fused-ring (bicyclic) bond motifs is 1. The van der Waals surface area contributed by atoms with Crippen LogP contribution in [0.5, 0.6) is 0 Å². The number of hydrogen-bond acceptors (Lipinski definition) is 3. The first kappa shape index (κ1) is 21.8. The van der Waals surface area contributed by atoms with E-state index >= 15 is 4.39 Å². The van der Waals surface area contributed by atoms with Gasteiger partial charge >= 0.3 is 0 Å². The Kier molecular flexibility index (Phi) is 5.50. The standard InChI is InChI=1S/C24H25F3N2O2S/c1-32(31)28-21-10-9-14-12-29(13-24(14,21)27)23(30)18-11-17(18)15-5-2-3-6-16(15)22-19(25)7-4-8-20(22)26/h2-8,14,17-18,21,28H,9-13H2,1H3/t14?,17-,18+,21?,24?,32?/m0/s1. The normalized spacial score (nSPS) is 32.1. The van der Waals surface area contributed by atoms with Gasteiger partial charge in [0.05, 0.1) is 18.2 Å². The molecule has 2 aromatic carbocycles. The van der Waals surface area contributed by atoms with Crippen molar-refractivity contribution < 1.29 is 22.5 Å². The van der Waals surface area contributed by atoms with E-state index in [9.17, 15) is 18.1 Å². The molecule has 2 aromatic rings. The van der Waals surface area contributed by atoms with E-state index in [1.165, 1.54) is 24.5 Å². The highest BCUT2D eigenvalue weighted by atomic mass is 32.2. The summed E-state index contributed by atoms with van der Waals surface area (Å²) >= 11 is -1.32. The third-order valence-corrected chi connectivity index (χ3v) is 7.87. The van der Waals surface area contributed by atoms with Crippen molar-refractivity contribution in [1.29, 1.82) is 0 Å². The van der Waals surface area contributed by atoms with Gasteiger partial charge in [0.25, 0.3) is 0 Å². The molecule has 0 bridgehead atoms. The van der Waals surface area contributed by atoms with Crippen molar-refractivity contribution in [3.63, 3.8) is 0 Å². The third-order valence-electron chi connectivity index (χ3n) is 7.26. The number of carbonyl (C=O) groups excluding carboxylic acids is 1. The molecule has 1 saturated heterocycles. The fourth-order valence-electron chi connectivity index (χ4n) is 5.61. The average molecular weight is 463 g/mol. The second-order valence-electron chi connectivity index (χ2n) is 9.18. The summed E-state index contributed by atoms with van der Waals surface area (Å²) < 4.78 is 58.9. The Hall–Kier alpha value is -2.03. The number of likely N-dealkylation sites (tertiary alicyclic amines) is 1. The summed E-state index contributed by atoms with van der Waals surface area (Å²) in [6, 6.07) is 10.3. The van der Waals surface area contributed by atoms with Gasteiger partial charge in [-0.1, -0.05) is 30.3 Å². The van der Waals surface area contributed by atoms with Crippen LogP contribution in [-0.4, -0.2) is 46.4 Å². The molecular formula is C24H25F3N2O2S. The molecule has 5 rings (SSSR count). The van der Waals surface area contributed by atoms with Crippen LogP contribution in [0.1, 0.15) is 30.7 Å². The topological polar surface area (TPSA) is 55.4 Å². The van der Waals surface area contributed by atoms with Crippen LogP contribution in [0.2, 0.25) is 0 Å². The van der Waals surface area contributed by atoms with Crippen LogP contribution in [0.3, 0.4) is 0 Å². The lowest BCUT2D eigenvalue weighted by Gasteiger charge is -2.27. The van der Waals surface area contributed by atoms with Gasteiger partial charge < -0.3 is 9.45 Å². The summed E-state index contributed by atoms with van der Waals surface area (Å²) in [6.07, 6.45) is 3.32. The van der Waals surface area contributed by atoms with E-state index in [1.54, 1.807) is 23.1 Å². The van der Waals surface area contributed by atoms with Crippen molar-refractivity contribution in [2.45, 2.75) is 36.9 Å². The molecule has 8 heteroatoms. The maximum atomic E-state index is 15.7. The van der Waals surface area contributed by atoms with Crippen molar-refractivity contribution in [1.82, 2.24) is 9.62 Å². The van der Waals surface area contributed by atoms with Crippen molar-refractivity contribution in [3.05, 3.63) is 59.7 Å². The zero-order chi connectivity index (χ0) is 22.6. The lowest BCUT2D eigenvalue weighted by molar-refractivity contribution is -0.132. The zero-order valence-electron chi connectivity index (χ0n) is 17.7. The molecule has 3 aliphatic rings. The first-order valence-electron chi connectivity index (χ1n) is 10.9. The lowest BCUT2D eigenvalue weighted by atomic mass is 9.94. The second kappa shape index (κ2) is 8.08. The Balaban J connectivity index is 1.34. The van der Waals surface area contributed by atoms with Gasteiger partial charge in [0, 0.05) is 29.7 Å². The summed E-state index contributed by atoms with van der Waals surface area (Å²) in [4.78, 5) is 14.8. The van der Waals surface area contributed by atoms with E-state index in [4.69, 9.17) is 0 Å². The van der Waals surface area contributed by atoms with E-state index in [1.807, 2.05) is 6.07 Å². The number of nitrogens with zero attached hydrogens (tertiary/aromatic N) is 1. The van der Waals surface area contributed by atoms with E-state index in [2.05, 4.69) is 4.72 Å². The van der Waals surface area contributed by atoms with Crippen LogP contribution < -0.4 is 4.72 Å². The van der Waals surface area contributed by atoms with E-state index in [0.717, 1.165) is 5.56 Å². The number of amides is 1. The minimum Gasteiger partial charge on any atom is -0.598 e. The van der Waals surface area contributed by atoms with Crippen LogP contribution in [-0.2, 0) is 16.2 Å². The molecule has 1 N–H and O–H groups in total.